The molecule has 0 aromatic heterocycles. The largest absolute Gasteiger partial charge is 0.464 e. The van der Waals surface area contributed by atoms with E-state index in [-0.39, 0.29) is 22.7 Å². The molecule has 0 fully saturated rings. The second kappa shape index (κ2) is 8.59. The fourth-order valence-corrected chi connectivity index (χ4v) is 2.87. The van der Waals surface area contributed by atoms with Crippen molar-refractivity contribution < 1.29 is 9.53 Å². The van der Waals surface area contributed by atoms with Crippen LogP contribution in [0.15, 0.2) is 24.3 Å². The fraction of sp³-hybridized carbons (Fsp3) is 0.667. The van der Waals surface area contributed by atoms with E-state index in [0.717, 1.165) is 24.3 Å². The van der Waals surface area contributed by atoms with Gasteiger partial charge in [0.1, 0.15) is 6.61 Å². The summed E-state index contributed by atoms with van der Waals surface area (Å²) in [5.41, 5.74) is 7.58. The highest BCUT2D eigenvalue weighted by atomic mass is 16.5. The first-order valence-corrected chi connectivity index (χ1v) is 9.21. The zero-order valence-electron chi connectivity index (χ0n) is 17.1. The van der Waals surface area contributed by atoms with E-state index in [0.29, 0.717) is 13.2 Å². The minimum Gasteiger partial charge on any atom is -0.464 e. The van der Waals surface area contributed by atoms with Crippen LogP contribution in [0.2, 0.25) is 0 Å². The molecule has 4 heteroatoms. The number of rotatable bonds is 7. The zero-order valence-corrected chi connectivity index (χ0v) is 17.1. The molecule has 1 rings (SSSR count). The van der Waals surface area contributed by atoms with Gasteiger partial charge >= 0.3 is 5.97 Å². The number of anilines is 2. The molecule has 1 atom stereocenters. The molecule has 0 saturated heterocycles. The van der Waals surface area contributed by atoms with Crippen LogP contribution >= 0.6 is 0 Å². The number of hydrogen-bond donors (Lipinski definition) is 1. The predicted molar refractivity (Wildman–Crippen MR) is 107 cm³/mol. The maximum Gasteiger partial charge on any atom is 0.309 e. The molecule has 0 radical (unpaired) electrons. The van der Waals surface area contributed by atoms with E-state index in [2.05, 4.69) is 53.4 Å². The SMILES string of the molecule is CCN(CCOC(=O)C(CC(C)(C)C)C(C)(C)C)c1ccc(N)cc1. The van der Waals surface area contributed by atoms with E-state index >= 15 is 0 Å². The van der Waals surface area contributed by atoms with E-state index in [4.69, 9.17) is 10.5 Å². The highest BCUT2D eigenvalue weighted by Crippen LogP contribution is 2.36. The Kier molecular flexibility index (Phi) is 7.33. The van der Waals surface area contributed by atoms with Crippen LogP contribution in [0.1, 0.15) is 54.9 Å². The van der Waals surface area contributed by atoms with Gasteiger partial charge in [0.25, 0.3) is 0 Å². The summed E-state index contributed by atoms with van der Waals surface area (Å²) in [5, 5.41) is 0. The molecule has 1 aromatic carbocycles. The van der Waals surface area contributed by atoms with Crippen LogP contribution in [0.3, 0.4) is 0 Å². The average Bonchev–Trinajstić information content (AvgIpc) is 2.48. The molecule has 2 N–H and O–H groups in total. The van der Waals surface area contributed by atoms with Gasteiger partial charge in [-0.1, -0.05) is 41.5 Å². The van der Waals surface area contributed by atoms with Crippen molar-refractivity contribution >= 4 is 17.3 Å². The van der Waals surface area contributed by atoms with Gasteiger partial charge in [0.2, 0.25) is 0 Å². The van der Waals surface area contributed by atoms with Crippen molar-refractivity contribution in [2.75, 3.05) is 30.3 Å². The minimum atomic E-state index is -0.105. The van der Waals surface area contributed by atoms with Gasteiger partial charge in [-0.25, -0.2) is 0 Å². The summed E-state index contributed by atoms with van der Waals surface area (Å²) in [6.07, 6.45) is 0.824. The van der Waals surface area contributed by atoms with E-state index in [1.807, 2.05) is 24.3 Å². The first-order valence-electron chi connectivity index (χ1n) is 9.21. The molecule has 25 heavy (non-hydrogen) atoms. The van der Waals surface area contributed by atoms with Crippen LogP contribution in [0.5, 0.6) is 0 Å². The van der Waals surface area contributed by atoms with Crippen LogP contribution in [0.25, 0.3) is 0 Å². The van der Waals surface area contributed by atoms with Gasteiger partial charge in [-0.15, -0.1) is 0 Å². The molecule has 0 bridgehead atoms. The average molecular weight is 349 g/mol. The highest BCUT2D eigenvalue weighted by Gasteiger charge is 2.35. The zero-order chi connectivity index (χ0) is 19.3. The summed E-state index contributed by atoms with van der Waals surface area (Å²) >= 11 is 0. The maximum atomic E-state index is 12.7. The van der Waals surface area contributed by atoms with E-state index in [1.54, 1.807) is 0 Å². The van der Waals surface area contributed by atoms with Crippen molar-refractivity contribution in [2.24, 2.45) is 16.7 Å². The molecule has 0 spiro atoms. The van der Waals surface area contributed by atoms with Crippen molar-refractivity contribution in [3.05, 3.63) is 24.3 Å². The number of esters is 1. The molecule has 1 aromatic rings. The van der Waals surface area contributed by atoms with Crippen LogP contribution in [-0.2, 0) is 9.53 Å². The first kappa shape index (κ1) is 21.3. The molecule has 0 aliphatic heterocycles. The number of carbonyl (C=O) groups is 1. The summed E-state index contributed by atoms with van der Waals surface area (Å²) in [4.78, 5) is 14.8. The van der Waals surface area contributed by atoms with Crippen molar-refractivity contribution in [2.45, 2.75) is 54.9 Å². The molecule has 0 saturated carbocycles. The topological polar surface area (TPSA) is 55.6 Å². The third-order valence-corrected chi connectivity index (χ3v) is 4.39. The number of nitrogens with two attached hydrogens (primary N) is 1. The number of nitrogen functional groups attached to an aromatic ring is 1. The summed E-state index contributed by atoms with van der Waals surface area (Å²) in [6, 6.07) is 7.78. The van der Waals surface area contributed by atoms with Gasteiger partial charge in [-0.2, -0.15) is 0 Å². The third kappa shape index (κ3) is 7.37. The van der Waals surface area contributed by atoms with Gasteiger partial charge in [0.15, 0.2) is 0 Å². The lowest BCUT2D eigenvalue weighted by Crippen LogP contribution is -2.35. The Labute approximate surface area is 153 Å². The standard InChI is InChI=1S/C21H36N2O2/c1-8-23(17-11-9-16(22)10-12-17)13-14-25-19(24)18(21(5,6)7)15-20(2,3)4/h9-12,18H,8,13-15,22H2,1-7H3. The Morgan fingerprint density at radius 1 is 1.12 bits per heavy atom. The van der Waals surface area contributed by atoms with Crippen molar-refractivity contribution in [3.63, 3.8) is 0 Å². The van der Waals surface area contributed by atoms with E-state index in [1.165, 1.54) is 0 Å². The molecule has 0 aliphatic rings. The van der Waals surface area contributed by atoms with Crippen LogP contribution < -0.4 is 10.6 Å². The lowest BCUT2D eigenvalue weighted by atomic mass is 9.72. The van der Waals surface area contributed by atoms with E-state index < -0.39 is 0 Å². The monoisotopic (exact) mass is 348 g/mol. The summed E-state index contributed by atoms with van der Waals surface area (Å²) in [5.74, 6) is -0.185. The molecule has 0 aliphatic carbocycles. The lowest BCUT2D eigenvalue weighted by Gasteiger charge is -2.34. The quantitative estimate of drug-likeness (QED) is 0.571. The fourth-order valence-electron chi connectivity index (χ4n) is 2.87. The van der Waals surface area contributed by atoms with Gasteiger partial charge in [-0.3, -0.25) is 4.79 Å². The summed E-state index contributed by atoms with van der Waals surface area (Å²) in [7, 11) is 0. The molecular formula is C21H36N2O2. The number of nitrogens with zero attached hydrogens (tertiary/aromatic N) is 1. The van der Waals surface area contributed by atoms with Crippen molar-refractivity contribution in [1.29, 1.82) is 0 Å². The first-order chi connectivity index (χ1) is 11.4. The van der Waals surface area contributed by atoms with Crippen molar-refractivity contribution in [3.8, 4) is 0 Å². The molecule has 0 heterocycles. The minimum absolute atomic E-state index is 0.0872. The second-order valence-electron chi connectivity index (χ2n) is 9.02. The Morgan fingerprint density at radius 2 is 1.68 bits per heavy atom. The molecule has 4 nitrogen and oxygen atoms in total. The maximum absolute atomic E-state index is 12.7. The van der Waals surface area contributed by atoms with Gasteiger partial charge < -0.3 is 15.4 Å². The number of ether oxygens (including phenoxy) is 1. The normalized spacial score (nSPS) is 13.4. The Hall–Kier alpha value is -1.71. The summed E-state index contributed by atoms with van der Waals surface area (Å²) < 4.78 is 5.65. The van der Waals surface area contributed by atoms with Gasteiger partial charge in [0, 0.05) is 17.9 Å². The molecule has 1 unspecified atom stereocenters. The van der Waals surface area contributed by atoms with Crippen molar-refractivity contribution in [1.82, 2.24) is 0 Å². The van der Waals surface area contributed by atoms with Crippen LogP contribution in [0.4, 0.5) is 11.4 Å². The third-order valence-electron chi connectivity index (χ3n) is 4.39. The lowest BCUT2D eigenvalue weighted by molar-refractivity contribution is -0.153. The number of benzene rings is 1. The Balaban J connectivity index is 2.64. The van der Waals surface area contributed by atoms with Gasteiger partial charge in [-0.05, 0) is 48.4 Å². The number of likely N-dealkylation sites (N-methyl/N-ethyl adjacent to an activating group) is 1. The Bertz CT molecular complexity index is 538. The van der Waals surface area contributed by atoms with E-state index in [9.17, 15) is 4.79 Å². The van der Waals surface area contributed by atoms with Crippen LogP contribution in [-0.4, -0.2) is 25.7 Å². The smallest absolute Gasteiger partial charge is 0.309 e. The number of carbonyl (C=O) groups excluding carboxylic acids is 1. The van der Waals surface area contributed by atoms with Crippen LogP contribution in [0, 0.1) is 16.7 Å². The second-order valence-corrected chi connectivity index (χ2v) is 9.02. The van der Waals surface area contributed by atoms with Gasteiger partial charge in [0.05, 0.1) is 12.5 Å². The highest BCUT2D eigenvalue weighted by molar-refractivity contribution is 5.73. The predicted octanol–water partition coefficient (Wildman–Crippen LogP) is 4.74. The summed E-state index contributed by atoms with van der Waals surface area (Å²) in [6.45, 7) is 16.8. The number of hydrogen-bond acceptors (Lipinski definition) is 4. The Morgan fingerprint density at radius 3 is 2.12 bits per heavy atom. The molecule has 0 amide bonds. The molecular weight excluding hydrogens is 312 g/mol. The molecule has 142 valence electrons.